The molecule has 0 aromatic carbocycles. The predicted molar refractivity (Wildman–Crippen MR) is 53.8 cm³/mol. The van der Waals surface area contributed by atoms with Gasteiger partial charge in [0.2, 0.25) is 0 Å². The Morgan fingerprint density at radius 1 is 1.77 bits per heavy atom. The summed E-state index contributed by atoms with van der Waals surface area (Å²) in [6.07, 6.45) is 1.49. The van der Waals surface area contributed by atoms with Crippen molar-refractivity contribution in [1.29, 1.82) is 0 Å². The van der Waals surface area contributed by atoms with Crippen molar-refractivity contribution in [3.8, 4) is 0 Å². The number of rotatable bonds is 3. The van der Waals surface area contributed by atoms with Crippen LogP contribution in [-0.4, -0.2) is 12.5 Å². The number of hydrogen-bond acceptors (Lipinski definition) is 2. The van der Waals surface area contributed by atoms with Gasteiger partial charge in [-0.3, -0.25) is 4.79 Å². The Hall–Kier alpha value is -1.03. The minimum atomic E-state index is -0.146. The van der Waals surface area contributed by atoms with Gasteiger partial charge in [-0.1, -0.05) is 22.5 Å². The van der Waals surface area contributed by atoms with Crippen LogP contribution in [0.1, 0.15) is 16.1 Å². The molecule has 1 rings (SSSR count). The minimum Gasteiger partial charge on any atom is -0.469 e. The van der Waals surface area contributed by atoms with Crippen molar-refractivity contribution in [2.24, 2.45) is 0 Å². The smallest absolute Gasteiger partial charge is 0.255 e. The highest BCUT2D eigenvalue weighted by molar-refractivity contribution is 9.11. The Morgan fingerprint density at radius 3 is 2.92 bits per heavy atom. The van der Waals surface area contributed by atoms with Gasteiger partial charge in [-0.25, -0.2) is 0 Å². The lowest BCUT2D eigenvalue weighted by molar-refractivity contribution is 0.0956. The Morgan fingerprint density at radius 2 is 2.46 bits per heavy atom. The summed E-state index contributed by atoms with van der Waals surface area (Å²) in [5.74, 6) is 0.476. The van der Waals surface area contributed by atoms with E-state index in [-0.39, 0.29) is 5.91 Å². The first-order chi connectivity index (χ1) is 6.11. The van der Waals surface area contributed by atoms with E-state index in [1.807, 2.05) is 0 Å². The van der Waals surface area contributed by atoms with Crippen molar-refractivity contribution < 1.29 is 9.21 Å². The third-order valence-corrected chi connectivity index (χ3v) is 1.82. The summed E-state index contributed by atoms with van der Waals surface area (Å²) in [5, 5.41) is 2.68. The van der Waals surface area contributed by atoms with Crippen molar-refractivity contribution in [3.63, 3.8) is 0 Å². The summed E-state index contributed by atoms with van der Waals surface area (Å²) in [5.41, 5.74) is 0.564. The normalized spacial score (nSPS) is 9.69. The molecular formula is C9H10BrNO2. The number of hydrogen-bond donors (Lipinski definition) is 1. The molecule has 1 aromatic rings. The molecule has 1 N–H and O–H groups in total. The predicted octanol–water partition coefficient (Wildman–Crippen LogP) is 2.23. The first-order valence-electron chi connectivity index (χ1n) is 3.77. The largest absolute Gasteiger partial charge is 0.469 e. The molecule has 0 fully saturated rings. The molecule has 13 heavy (non-hydrogen) atoms. The summed E-state index contributed by atoms with van der Waals surface area (Å²) in [7, 11) is 0. The fraction of sp³-hybridized carbons (Fsp3) is 0.222. The van der Waals surface area contributed by atoms with Crippen LogP contribution in [-0.2, 0) is 0 Å². The van der Waals surface area contributed by atoms with Gasteiger partial charge >= 0.3 is 0 Å². The van der Waals surface area contributed by atoms with E-state index in [9.17, 15) is 4.79 Å². The lowest BCUT2D eigenvalue weighted by Gasteiger charge is -2.01. The highest BCUT2D eigenvalue weighted by atomic mass is 79.9. The van der Waals surface area contributed by atoms with Gasteiger partial charge in [0.15, 0.2) is 0 Å². The zero-order valence-electron chi connectivity index (χ0n) is 7.26. The molecule has 0 aliphatic heterocycles. The van der Waals surface area contributed by atoms with Crippen molar-refractivity contribution in [2.45, 2.75) is 6.92 Å². The molecule has 0 saturated carbocycles. The standard InChI is InChI=1S/C9H10BrNO2/c1-6(10)5-11-9(12)8-3-4-13-7(8)2/h3-4H,1,5H2,2H3,(H,11,12). The van der Waals surface area contributed by atoms with Crippen LogP contribution in [0.3, 0.4) is 0 Å². The fourth-order valence-electron chi connectivity index (χ4n) is 0.892. The highest BCUT2D eigenvalue weighted by Crippen LogP contribution is 2.08. The maximum absolute atomic E-state index is 11.4. The number of aryl methyl sites for hydroxylation is 1. The Balaban J connectivity index is 2.59. The minimum absolute atomic E-state index is 0.146. The average Bonchev–Trinajstić information content (AvgIpc) is 2.47. The number of nitrogens with one attached hydrogen (secondary N) is 1. The fourth-order valence-corrected chi connectivity index (χ4v) is 1.03. The van der Waals surface area contributed by atoms with E-state index in [0.29, 0.717) is 17.9 Å². The van der Waals surface area contributed by atoms with Crippen LogP contribution in [0.2, 0.25) is 0 Å². The van der Waals surface area contributed by atoms with Crippen LogP contribution < -0.4 is 5.32 Å². The molecule has 0 aliphatic carbocycles. The number of carbonyl (C=O) groups is 1. The van der Waals surface area contributed by atoms with Gasteiger partial charge in [0.05, 0.1) is 11.8 Å². The molecule has 0 aliphatic rings. The molecule has 0 unspecified atom stereocenters. The van der Waals surface area contributed by atoms with Gasteiger partial charge < -0.3 is 9.73 Å². The monoisotopic (exact) mass is 243 g/mol. The summed E-state index contributed by atoms with van der Waals surface area (Å²) >= 11 is 3.15. The number of carbonyl (C=O) groups excluding carboxylic acids is 1. The summed E-state index contributed by atoms with van der Waals surface area (Å²) < 4.78 is 5.74. The molecule has 0 atom stereocenters. The van der Waals surface area contributed by atoms with Crippen molar-refractivity contribution in [2.75, 3.05) is 6.54 Å². The number of halogens is 1. The topological polar surface area (TPSA) is 42.2 Å². The average molecular weight is 244 g/mol. The lowest BCUT2D eigenvalue weighted by Crippen LogP contribution is -2.24. The van der Waals surface area contributed by atoms with Crippen LogP contribution in [0.5, 0.6) is 0 Å². The van der Waals surface area contributed by atoms with E-state index >= 15 is 0 Å². The number of amides is 1. The van der Waals surface area contributed by atoms with Gasteiger partial charge in [0.25, 0.3) is 5.91 Å². The molecule has 4 heteroatoms. The second-order valence-electron chi connectivity index (χ2n) is 2.59. The maximum Gasteiger partial charge on any atom is 0.255 e. The van der Waals surface area contributed by atoms with Crippen LogP contribution >= 0.6 is 15.9 Å². The van der Waals surface area contributed by atoms with Crippen molar-refractivity contribution >= 4 is 21.8 Å². The van der Waals surface area contributed by atoms with Gasteiger partial charge in [0, 0.05) is 11.0 Å². The second-order valence-corrected chi connectivity index (χ2v) is 3.71. The van der Waals surface area contributed by atoms with Crippen molar-refractivity contribution in [1.82, 2.24) is 5.32 Å². The third kappa shape index (κ3) is 2.73. The Labute approximate surface area is 84.9 Å². The lowest BCUT2D eigenvalue weighted by atomic mass is 10.2. The van der Waals surface area contributed by atoms with Gasteiger partial charge in [-0.05, 0) is 13.0 Å². The van der Waals surface area contributed by atoms with E-state index in [4.69, 9.17) is 4.42 Å². The highest BCUT2D eigenvalue weighted by Gasteiger charge is 2.09. The Bertz CT molecular complexity index is 330. The van der Waals surface area contributed by atoms with Gasteiger partial charge in [0.1, 0.15) is 5.76 Å². The summed E-state index contributed by atoms with van der Waals surface area (Å²) in [4.78, 5) is 11.4. The molecule has 3 nitrogen and oxygen atoms in total. The van der Waals surface area contributed by atoms with Crippen LogP contribution in [0.4, 0.5) is 0 Å². The van der Waals surface area contributed by atoms with E-state index < -0.39 is 0 Å². The summed E-state index contributed by atoms with van der Waals surface area (Å²) in [6.45, 7) is 5.78. The molecule has 0 saturated heterocycles. The van der Waals surface area contributed by atoms with Crippen LogP contribution in [0, 0.1) is 6.92 Å². The second kappa shape index (κ2) is 4.28. The van der Waals surface area contributed by atoms with E-state index in [1.165, 1.54) is 6.26 Å². The van der Waals surface area contributed by atoms with E-state index in [1.54, 1.807) is 13.0 Å². The quantitative estimate of drug-likeness (QED) is 0.885. The summed E-state index contributed by atoms with van der Waals surface area (Å²) in [6, 6.07) is 1.64. The zero-order chi connectivity index (χ0) is 9.84. The van der Waals surface area contributed by atoms with Crippen LogP contribution in [0.25, 0.3) is 0 Å². The SMILES string of the molecule is C=C(Br)CNC(=O)c1ccoc1C. The van der Waals surface area contributed by atoms with Crippen molar-refractivity contribution in [3.05, 3.63) is 34.7 Å². The molecule has 1 aromatic heterocycles. The van der Waals surface area contributed by atoms with Gasteiger partial charge in [-0.15, -0.1) is 0 Å². The maximum atomic E-state index is 11.4. The first-order valence-corrected chi connectivity index (χ1v) is 4.56. The zero-order valence-corrected chi connectivity index (χ0v) is 8.85. The first kappa shape index (κ1) is 10.1. The van der Waals surface area contributed by atoms with Crippen LogP contribution in [0.15, 0.2) is 27.8 Å². The molecule has 0 radical (unpaired) electrons. The number of furan rings is 1. The third-order valence-electron chi connectivity index (χ3n) is 1.54. The van der Waals surface area contributed by atoms with Gasteiger partial charge in [-0.2, -0.15) is 0 Å². The molecule has 0 spiro atoms. The molecule has 1 heterocycles. The molecule has 1 amide bonds. The van der Waals surface area contributed by atoms with E-state index in [2.05, 4.69) is 27.8 Å². The molecule has 70 valence electrons. The molecule has 0 bridgehead atoms. The van der Waals surface area contributed by atoms with E-state index in [0.717, 1.165) is 4.48 Å². The Kier molecular flexibility index (Phi) is 3.31. The molecular weight excluding hydrogens is 234 g/mol.